The monoisotopic (exact) mass is 584 g/mol. The summed E-state index contributed by atoms with van der Waals surface area (Å²) in [4.78, 5) is 18.6. The van der Waals surface area contributed by atoms with E-state index in [1.54, 1.807) is 73.7 Å². The molecule has 1 heterocycles. The topological polar surface area (TPSA) is 114 Å². The molecule has 1 aliphatic rings. The number of ether oxygens (including phenoxy) is 2. The minimum atomic E-state index is -3.66. The maximum Gasteiger partial charge on any atom is 0.251 e. The number of hydrogen-bond acceptors (Lipinski definition) is 7. The zero-order valence-electron chi connectivity index (χ0n) is 22.3. The molecule has 0 aromatic heterocycles. The summed E-state index contributed by atoms with van der Waals surface area (Å²) in [6.45, 7) is 2.51. The zero-order valence-corrected chi connectivity index (χ0v) is 23.8. The van der Waals surface area contributed by atoms with Crippen LogP contribution in [-0.2, 0) is 25.8 Å². The molecule has 40 heavy (non-hydrogen) atoms. The summed E-state index contributed by atoms with van der Waals surface area (Å²) in [6, 6.07) is 22.6. The first kappa shape index (κ1) is 29.6. The van der Waals surface area contributed by atoms with Gasteiger partial charge in [0.1, 0.15) is 11.9 Å². The molecule has 0 saturated carbocycles. The highest BCUT2D eigenvalue weighted by Gasteiger charge is 2.50. The van der Waals surface area contributed by atoms with Crippen molar-refractivity contribution in [3.8, 4) is 5.75 Å². The number of aliphatic hydroxyl groups excluding tert-OH is 1. The quantitative estimate of drug-likeness (QED) is 0.291. The second-order valence-electron chi connectivity index (χ2n) is 9.57. The number of nitrogens with zero attached hydrogens (tertiary/aromatic N) is 1. The fourth-order valence-corrected chi connectivity index (χ4v) is 5.93. The van der Waals surface area contributed by atoms with Crippen LogP contribution >= 0.6 is 11.6 Å². The molecule has 3 aromatic carbocycles. The average molecular weight is 585 g/mol. The maximum atomic E-state index is 13.7. The third kappa shape index (κ3) is 7.21. The molecule has 0 spiro atoms. The van der Waals surface area contributed by atoms with Gasteiger partial charge < -0.3 is 19.9 Å². The lowest BCUT2D eigenvalue weighted by Crippen LogP contribution is -2.52. The van der Waals surface area contributed by atoms with Crippen molar-refractivity contribution < 1.29 is 27.8 Å². The van der Waals surface area contributed by atoms with Gasteiger partial charge in [0.25, 0.3) is 5.91 Å². The summed E-state index contributed by atoms with van der Waals surface area (Å²) in [5, 5.41) is 12.5. The smallest absolute Gasteiger partial charge is 0.251 e. The predicted octanol–water partition coefficient (Wildman–Crippen LogP) is 4.23. The zero-order chi connectivity index (χ0) is 28.6. The molecule has 10 heteroatoms. The Balaban J connectivity index is 1.55. The highest BCUT2D eigenvalue weighted by atomic mass is 35.5. The molecule has 0 aliphatic carbocycles. The number of halogens is 1. The first-order chi connectivity index (χ1) is 19.2. The molecule has 0 bridgehead atoms. The van der Waals surface area contributed by atoms with E-state index < -0.39 is 27.4 Å². The summed E-state index contributed by atoms with van der Waals surface area (Å²) >= 11 is 5.97. The van der Waals surface area contributed by atoms with Crippen molar-refractivity contribution >= 4 is 33.2 Å². The normalized spacial score (nSPS) is 18.6. The van der Waals surface area contributed by atoms with Gasteiger partial charge in [0, 0.05) is 30.2 Å². The number of nitrogens with one attached hydrogen (secondary N) is 1. The number of amides is 1. The highest BCUT2D eigenvalue weighted by Crippen LogP contribution is 2.33. The molecule has 4 rings (SSSR count). The number of benzene rings is 3. The molecule has 0 saturated heterocycles. The van der Waals surface area contributed by atoms with Crippen LogP contribution in [0.5, 0.6) is 5.75 Å². The number of sulfone groups is 1. The van der Waals surface area contributed by atoms with E-state index >= 15 is 0 Å². The Kier molecular flexibility index (Phi) is 9.84. The van der Waals surface area contributed by atoms with Gasteiger partial charge in [-0.1, -0.05) is 41.9 Å². The molecule has 0 fully saturated rings. The van der Waals surface area contributed by atoms with Gasteiger partial charge in [-0.15, -0.1) is 0 Å². The van der Waals surface area contributed by atoms with Crippen LogP contribution in [0, 0.1) is 0 Å². The van der Waals surface area contributed by atoms with Crippen molar-refractivity contribution in [2.75, 3.05) is 25.5 Å². The number of rotatable bonds is 13. The minimum Gasteiger partial charge on any atom is -0.494 e. The molecule has 2 N–H and O–H groups in total. The SMILES string of the molecule is C[C@H]1OC(c2ccc(OCCCO)cc2)=N[C@@]1(CCS(=O)(=O)c1ccccc1)C(=O)NCCc1ccc(Cl)cc1. The van der Waals surface area contributed by atoms with Crippen molar-refractivity contribution in [3.05, 3.63) is 95.0 Å². The molecule has 2 atom stereocenters. The van der Waals surface area contributed by atoms with Crippen LogP contribution in [0.4, 0.5) is 0 Å². The second-order valence-corrected chi connectivity index (χ2v) is 12.1. The second kappa shape index (κ2) is 13.3. The number of aliphatic hydroxyl groups is 1. The van der Waals surface area contributed by atoms with E-state index in [1.807, 2.05) is 12.1 Å². The van der Waals surface area contributed by atoms with Crippen LogP contribution in [0.2, 0.25) is 5.02 Å². The summed E-state index contributed by atoms with van der Waals surface area (Å²) in [7, 11) is -3.66. The van der Waals surface area contributed by atoms with Crippen LogP contribution in [0.1, 0.15) is 30.9 Å². The van der Waals surface area contributed by atoms with Gasteiger partial charge in [-0.05, 0) is 73.9 Å². The first-order valence-corrected chi connectivity index (χ1v) is 15.2. The Morgan fingerprint density at radius 1 is 1.07 bits per heavy atom. The van der Waals surface area contributed by atoms with E-state index in [-0.39, 0.29) is 29.6 Å². The van der Waals surface area contributed by atoms with Crippen molar-refractivity contribution in [3.63, 3.8) is 0 Å². The van der Waals surface area contributed by atoms with Gasteiger partial charge in [-0.3, -0.25) is 4.79 Å². The Hall–Kier alpha value is -3.40. The van der Waals surface area contributed by atoms with E-state index in [1.165, 1.54) is 0 Å². The number of carbonyl (C=O) groups is 1. The molecule has 0 radical (unpaired) electrons. The Labute approximate surface area is 239 Å². The largest absolute Gasteiger partial charge is 0.494 e. The van der Waals surface area contributed by atoms with Gasteiger partial charge in [0.2, 0.25) is 5.90 Å². The lowest BCUT2D eigenvalue weighted by molar-refractivity contribution is -0.128. The Morgan fingerprint density at radius 3 is 2.45 bits per heavy atom. The van der Waals surface area contributed by atoms with E-state index in [2.05, 4.69) is 5.32 Å². The summed E-state index contributed by atoms with van der Waals surface area (Å²) in [6.07, 6.45) is 0.343. The van der Waals surface area contributed by atoms with Crippen molar-refractivity contribution in [2.45, 2.75) is 42.7 Å². The summed E-state index contributed by atoms with van der Waals surface area (Å²) in [5.74, 6) is 0.226. The fraction of sp³-hybridized carbons (Fsp3) is 0.333. The van der Waals surface area contributed by atoms with Crippen LogP contribution in [0.3, 0.4) is 0 Å². The van der Waals surface area contributed by atoms with E-state index in [4.69, 9.17) is 31.2 Å². The molecule has 0 unspecified atom stereocenters. The maximum absolute atomic E-state index is 13.7. The molecular formula is C30H33ClN2O6S. The molecule has 1 amide bonds. The Morgan fingerprint density at radius 2 is 1.77 bits per heavy atom. The molecule has 212 valence electrons. The lowest BCUT2D eigenvalue weighted by Gasteiger charge is -2.28. The number of aliphatic imine (C=N–C) groups is 1. The van der Waals surface area contributed by atoms with Gasteiger partial charge >= 0.3 is 0 Å². The van der Waals surface area contributed by atoms with Crippen molar-refractivity contribution in [1.29, 1.82) is 0 Å². The third-order valence-corrected chi connectivity index (χ3v) is 8.78. The van der Waals surface area contributed by atoms with Gasteiger partial charge in [0.05, 0.1) is 17.3 Å². The van der Waals surface area contributed by atoms with Crippen LogP contribution in [0.15, 0.2) is 88.8 Å². The van der Waals surface area contributed by atoms with Gasteiger partial charge in [0.15, 0.2) is 15.4 Å². The van der Waals surface area contributed by atoms with Gasteiger partial charge in [-0.25, -0.2) is 13.4 Å². The molecule has 3 aromatic rings. The summed E-state index contributed by atoms with van der Waals surface area (Å²) in [5.41, 5.74) is 0.211. The highest BCUT2D eigenvalue weighted by molar-refractivity contribution is 7.91. The van der Waals surface area contributed by atoms with E-state index in [0.29, 0.717) is 42.3 Å². The lowest BCUT2D eigenvalue weighted by atomic mass is 9.90. The number of hydrogen-bond donors (Lipinski definition) is 2. The first-order valence-electron chi connectivity index (χ1n) is 13.1. The number of carbonyl (C=O) groups excluding carboxylic acids is 1. The average Bonchev–Trinajstić information content (AvgIpc) is 3.31. The predicted molar refractivity (Wildman–Crippen MR) is 155 cm³/mol. The van der Waals surface area contributed by atoms with E-state index in [0.717, 1.165) is 5.56 Å². The minimum absolute atomic E-state index is 0.0461. The van der Waals surface area contributed by atoms with Crippen LogP contribution in [0.25, 0.3) is 0 Å². The van der Waals surface area contributed by atoms with Crippen LogP contribution < -0.4 is 10.1 Å². The summed E-state index contributed by atoms with van der Waals surface area (Å²) < 4.78 is 37.9. The molecule has 8 nitrogen and oxygen atoms in total. The standard InChI is InChI=1S/C30H33ClN2O6S/c1-22-30(17-21-40(36,37)27-6-3-2-4-7-27,29(35)32-18-16-23-8-12-25(31)13-9-23)33-28(39-22)24-10-14-26(15-11-24)38-20-5-19-34/h2-4,6-15,22,34H,5,16-21H2,1H3,(H,32,35)/t22-,30-/m1/s1. The van der Waals surface area contributed by atoms with Gasteiger partial charge in [-0.2, -0.15) is 0 Å². The van der Waals surface area contributed by atoms with E-state index in [9.17, 15) is 13.2 Å². The van der Waals surface area contributed by atoms with Crippen LogP contribution in [-0.4, -0.2) is 62.5 Å². The Bertz CT molecular complexity index is 1410. The van der Waals surface area contributed by atoms with Crippen molar-refractivity contribution in [1.82, 2.24) is 5.32 Å². The molecular weight excluding hydrogens is 552 g/mol. The molecule has 1 aliphatic heterocycles. The van der Waals surface area contributed by atoms with Crippen molar-refractivity contribution in [2.24, 2.45) is 4.99 Å². The third-order valence-electron chi connectivity index (χ3n) is 6.79. The fourth-order valence-electron chi connectivity index (χ4n) is 4.41.